The Hall–Kier alpha value is -7.22. The van der Waals surface area contributed by atoms with Crippen molar-refractivity contribution >= 4 is 75.8 Å². The Morgan fingerprint density at radius 2 is 0.727 bits per heavy atom. The molecule has 1 heteroatoms. The molecule has 0 saturated carbocycles. The molecule has 12 rings (SSSR count). The predicted molar refractivity (Wildman–Crippen MR) is 234 cm³/mol. The van der Waals surface area contributed by atoms with Crippen LogP contribution in [0.5, 0.6) is 0 Å². The third-order valence-corrected chi connectivity index (χ3v) is 11.8. The fourth-order valence-corrected chi connectivity index (χ4v) is 9.10. The molecule has 55 heavy (non-hydrogen) atoms. The summed E-state index contributed by atoms with van der Waals surface area (Å²) in [6.07, 6.45) is 0. The SMILES string of the molecule is c1ccc2cc(-c3ccc(-c4ccc5ccc6c(-c7ccc(-c8cccc9oc%10cc%11ccccc%11cc%10c89)cc7)ccc7ccc4c5c76)cc3)ccc2c1. The van der Waals surface area contributed by atoms with Gasteiger partial charge in [-0.25, -0.2) is 0 Å². The molecule has 0 saturated heterocycles. The van der Waals surface area contributed by atoms with Crippen LogP contribution in [0.1, 0.15) is 0 Å². The molecule has 1 nitrogen and oxygen atoms in total. The third-order valence-electron chi connectivity index (χ3n) is 11.8. The van der Waals surface area contributed by atoms with Crippen molar-refractivity contribution in [3.63, 3.8) is 0 Å². The van der Waals surface area contributed by atoms with Crippen LogP contribution in [0, 0.1) is 0 Å². The fraction of sp³-hybridized carbons (Fsp3) is 0. The van der Waals surface area contributed by atoms with Crippen LogP contribution >= 0.6 is 0 Å². The minimum atomic E-state index is 0.916. The van der Waals surface area contributed by atoms with E-state index in [9.17, 15) is 0 Å². The van der Waals surface area contributed by atoms with Gasteiger partial charge in [-0.15, -0.1) is 0 Å². The maximum absolute atomic E-state index is 6.39. The molecule has 1 aromatic heterocycles. The zero-order chi connectivity index (χ0) is 36.0. The van der Waals surface area contributed by atoms with Gasteiger partial charge in [-0.05, 0) is 123 Å². The molecular weight excluding hydrogens is 665 g/mol. The summed E-state index contributed by atoms with van der Waals surface area (Å²) in [7, 11) is 0. The highest BCUT2D eigenvalue weighted by Gasteiger charge is 2.17. The lowest BCUT2D eigenvalue weighted by molar-refractivity contribution is 0.669. The molecule has 0 spiro atoms. The summed E-state index contributed by atoms with van der Waals surface area (Å²) in [5, 5.41) is 15.0. The van der Waals surface area contributed by atoms with Gasteiger partial charge in [-0.3, -0.25) is 0 Å². The molecule has 0 radical (unpaired) electrons. The first-order valence-corrected chi connectivity index (χ1v) is 19.0. The second-order valence-corrected chi connectivity index (χ2v) is 14.8. The molecule has 0 bridgehead atoms. The van der Waals surface area contributed by atoms with Gasteiger partial charge in [0.2, 0.25) is 0 Å². The van der Waals surface area contributed by atoms with Gasteiger partial charge < -0.3 is 4.42 Å². The quantitative estimate of drug-likeness (QED) is 0.167. The lowest BCUT2D eigenvalue weighted by atomic mass is 9.87. The molecule has 254 valence electrons. The first-order chi connectivity index (χ1) is 27.2. The lowest BCUT2D eigenvalue weighted by Gasteiger charge is -2.17. The van der Waals surface area contributed by atoms with Gasteiger partial charge in [0.1, 0.15) is 11.2 Å². The summed E-state index contributed by atoms with van der Waals surface area (Å²) >= 11 is 0. The number of furan rings is 1. The molecule has 11 aromatic carbocycles. The van der Waals surface area contributed by atoms with Crippen LogP contribution in [0.15, 0.2) is 199 Å². The van der Waals surface area contributed by atoms with Gasteiger partial charge in [0.05, 0.1) is 0 Å². The summed E-state index contributed by atoms with van der Waals surface area (Å²) in [4.78, 5) is 0. The molecule has 0 N–H and O–H groups in total. The van der Waals surface area contributed by atoms with Crippen LogP contribution in [0.4, 0.5) is 0 Å². The van der Waals surface area contributed by atoms with Gasteiger partial charge in [-0.2, -0.15) is 0 Å². The lowest BCUT2D eigenvalue weighted by Crippen LogP contribution is -1.90. The highest BCUT2D eigenvalue weighted by molar-refractivity contribution is 6.27. The Morgan fingerprint density at radius 3 is 1.36 bits per heavy atom. The topological polar surface area (TPSA) is 13.1 Å². The average Bonchev–Trinajstić information content (AvgIpc) is 3.62. The van der Waals surface area contributed by atoms with E-state index in [1.807, 2.05) is 0 Å². The predicted octanol–water partition coefficient (Wildman–Crippen LogP) is 15.5. The van der Waals surface area contributed by atoms with E-state index in [1.165, 1.54) is 98.4 Å². The van der Waals surface area contributed by atoms with Crippen molar-refractivity contribution in [3.8, 4) is 44.5 Å². The second-order valence-electron chi connectivity index (χ2n) is 14.8. The van der Waals surface area contributed by atoms with E-state index in [-0.39, 0.29) is 0 Å². The molecule has 0 aliphatic heterocycles. The minimum Gasteiger partial charge on any atom is -0.456 e. The van der Waals surface area contributed by atoms with Crippen LogP contribution in [0.3, 0.4) is 0 Å². The fourth-order valence-electron chi connectivity index (χ4n) is 9.10. The van der Waals surface area contributed by atoms with Crippen LogP contribution in [0.25, 0.3) is 120 Å². The standard InChI is InChI=1S/C54H32O/c1-2-7-40-30-43(21-14-33(40)6-1)34-12-15-35(16-13-34)44-26-22-38-25-29-48-45(27-23-39-24-28-47(44)52(38)53(39)48)36-17-19-37(20-18-36)46-10-5-11-50-54(46)49-31-41-8-3-4-9-42(41)32-51(49)55-50/h1-32H. The zero-order valence-electron chi connectivity index (χ0n) is 29.9. The number of hydrogen-bond donors (Lipinski definition) is 0. The normalized spacial score (nSPS) is 12.0. The molecular formula is C54H32O. The van der Waals surface area contributed by atoms with Crippen molar-refractivity contribution in [1.82, 2.24) is 0 Å². The molecule has 0 amide bonds. The maximum atomic E-state index is 6.39. The molecule has 12 aromatic rings. The van der Waals surface area contributed by atoms with Gasteiger partial charge in [-0.1, -0.05) is 170 Å². The average molecular weight is 697 g/mol. The van der Waals surface area contributed by atoms with Gasteiger partial charge in [0, 0.05) is 10.8 Å². The molecule has 0 unspecified atom stereocenters. The molecule has 0 atom stereocenters. The number of hydrogen-bond acceptors (Lipinski definition) is 1. The molecule has 0 aliphatic rings. The molecule has 0 fully saturated rings. The maximum Gasteiger partial charge on any atom is 0.136 e. The van der Waals surface area contributed by atoms with E-state index in [1.54, 1.807) is 0 Å². The largest absolute Gasteiger partial charge is 0.456 e. The molecule has 0 aliphatic carbocycles. The van der Waals surface area contributed by atoms with E-state index >= 15 is 0 Å². The Balaban J connectivity index is 0.944. The monoisotopic (exact) mass is 696 g/mol. The van der Waals surface area contributed by atoms with Crippen LogP contribution in [-0.4, -0.2) is 0 Å². The Labute approximate surface area is 317 Å². The minimum absolute atomic E-state index is 0.916. The van der Waals surface area contributed by atoms with Crippen molar-refractivity contribution in [3.05, 3.63) is 194 Å². The van der Waals surface area contributed by atoms with Crippen molar-refractivity contribution in [2.75, 3.05) is 0 Å². The van der Waals surface area contributed by atoms with Gasteiger partial charge >= 0.3 is 0 Å². The number of benzene rings is 11. The van der Waals surface area contributed by atoms with Crippen LogP contribution in [-0.2, 0) is 0 Å². The van der Waals surface area contributed by atoms with E-state index < -0.39 is 0 Å². The first kappa shape index (κ1) is 30.3. The third kappa shape index (κ3) is 4.67. The summed E-state index contributed by atoms with van der Waals surface area (Å²) in [6, 6.07) is 71.1. The van der Waals surface area contributed by atoms with Crippen LogP contribution < -0.4 is 0 Å². The highest BCUT2D eigenvalue weighted by atomic mass is 16.3. The van der Waals surface area contributed by atoms with Crippen molar-refractivity contribution in [2.24, 2.45) is 0 Å². The van der Waals surface area contributed by atoms with E-state index in [0.29, 0.717) is 0 Å². The summed E-state index contributed by atoms with van der Waals surface area (Å²) in [6.45, 7) is 0. The zero-order valence-corrected chi connectivity index (χ0v) is 29.9. The van der Waals surface area contributed by atoms with Gasteiger partial charge in [0.25, 0.3) is 0 Å². The van der Waals surface area contributed by atoms with E-state index in [0.717, 1.165) is 21.9 Å². The Kier molecular flexibility index (Phi) is 6.40. The Morgan fingerprint density at radius 1 is 0.236 bits per heavy atom. The second kappa shape index (κ2) is 11.6. The van der Waals surface area contributed by atoms with E-state index in [4.69, 9.17) is 4.42 Å². The van der Waals surface area contributed by atoms with Crippen LogP contribution in [0.2, 0.25) is 0 Å². The smallest absolute Gasteiger partial charge is 0.136 e. The van der Waals surface area contributed by atoms with Crippen molar-refractivity contribution < 1.29 is 4.42 Å². The first-order valence-electron chi connectivity index (χ1n) is 19.0. The summed E-state index contributed by atoms with van der Waals surface area (Å²) < 4.78 is 6.39. The molecule has 1 heterocycles. The summed E-state index contributed by atoms with van der Waals surface area (Å²) in [5.41, 5.74) is 11.6. The van der Waals surface area contributed by atoms with Crippen molar-refractivity contribution in [2.45, 2.75) is 0 Å². The van der Waals surface area contributed by atoms with Gasteiger partial charge in [0.15, 0.2) is 0 Å². The number of fused-ring (bicyclic) bond motifs is 5. The Bertz CT molecular complexity index is 3460. The van der Waals surface area contributed by atoms with Crippen molar-refractivity contribution in [1.29, 1.82) is 0 Å². The number of rotatable bonds is 4. The highest BCUT2D eigenvalue weighted by Crippen LogP contribution is 2.44. The summed E-state index contributed by atoms with van der Waals surface area (Å²) in [5.74, 6) is 0. The van der Waals surface area contributed by atoms with E-state index in [2.05, 4.69) is 194 Å².